The molecule has 6 unspecified atom stereocenters. The van der Waals surface area contributed by atoms with Crippen LogP contribution in [0, 0.1) is 0 Å². The van der Waals surface area contributed by atoms with Crippen molar-refractivity contribution in [1.29, 1.82) is 0 Å². The highest BCUT2D eigenvalue weighted by molar-refractivity contribution is 5.90. The molecule has 0 amide bonds. The molecule has 0 aromatic heterocycles. The second kappa shape index (κ2) is 32.8. The molecule has 0 saturated carbocycles. The van der Waals surface area contributed by atoms with Crippen LogP contribution in [0.1, 0.15) is 75.5 Å². The van der Waals surface area contributed by atoms with Gasteiger partial charge in [-0.25, -0.2) is 14.4 Å². The Morgan fingerprint density at radius 2 is 0.703 bits per heavy atom. The van der Waals surface area contributed by atoms with Gasteiger partial charge in [-0.15, -0.1) is 0 Å². The number of benzene rings is 6. The van der Waals surface area contributed by atoms with Crippen molar-refractivity contribution >= 4 is 41.8 Å². The molecule has 91 heavy (non-hydrogen) atoms. The zero-order valence-corrected chi connectivity index (χ0v) is 50.2. The summed E-state index contributed by atoms with van der Waals surface area (Å²) in [6.45, 7) is 2.62. The fourth-order valence-electron chi connectivity index (χ4n) is 10.5. The third kappa shape index (κ3) is 18.7. The third-order valence-corrected chi connectivity index (χ3v) is 14.6. The highest BCUT2D eigenvalue weighted by Crippen LogP contribution is 2.39. The van der Waals surface area contributed by atoms with Gasteiger partial charge in [0.05, 0.1) is 43.1 Å². The van der Waals surface area contributed by atoms with E-state index in [0.717, 1.165) is 38.8 Å². The minimum absolute atomic E-state index is 0.00508. The van der Waals surface area contributed by atoms with Crippen molar-refractivity contribution < 1.29 is 110 Å². The van der Waals surface area contributed by atoms with E-state index in [1.807, 2.05) is 91.0 Å². The first-order valence-electron chi connectivity index (χ1n) is 29.4. The molecule has 1 N–H and O–H groups in total. The molecule has 3 fully saturated rings. The molecule has 6 aromatic rings. The largest absolute Gasteiger partial charge is 0.463 e. The second-order valence-corrected chi connectivity index (χ2v) is 21.3. The highest BCUT2D eigenvalue weighted by atomic mass is 16.8. The average molecular weight is 1260 g/mol. The van der Waals surface area contributed by atoms with E-state index in [1.165, 1.54) is 36.4 Å². The average Bonchev–Trinajstić information content (AvgIpc) is 0.797. The Hall–Kier alpha value is -8.75. The summed E-state index contributed by atoms with van der Waals surface area (Å²) in [6, 6.07) is 50.9. The molecule has 3 saturated heterocycles. The van der Waals surface area contributed by atoms with E-state index in [1.54, 1.807) is 54.6 Å². The fourth-order valence-corrected chi connectivity index (χ4v) is 10.5. The first-order valence-corrected chi connectivity index (χ1v) is 29.4. The number of aliphatic hydroxyl groups is 1. The van der Waals surface area contributed by atoms with Crippen molar-refractivity contribution in [2.75, 3.05) is 19.8 Å². The molecule has 480 valence electrons. The summed E-state index contributed by atoms with van der Waals surface area (Å²) >= 11 is 0. The van der Waals surface area contributed by atoms with Gasteiger partial charge in [0.2, 0.25) is 0 Å². The summed E-state index contributed by atoms with van der Waals surface area (Å²) in [7, 11) is 0. The van der Waals surface area contributed by atoms with Gasteiger partial charge in [0.15, 0.2) is 49.4 Å². The smallest absolute Gasteiger partial charge is 0.338 e. The molecular formula is C68H70O23. The second-order valence-electron chi connectivity index (χ2n) is 21.3. The summed E-state index contributed by atoms with van der Waals surface area (Å²) < 4.78 is 95.0. The van der Waals surface area contributed by atoms with Crippen molar-refractivity contribution in [3.8, 4) is 0 Å². The Morgan fingerprint density at radius 1 is 0.341 bits per heavy atom. The summed E-state index contributed by atoms with van der Waals surface area (Å²) in [5.74, 6) is -6.63. The molecule has 15 atom stereocenters. The molecule has 0 spiro atoms. The number of hydrogen-bond acceptors (Lipinski definition) is 23. The molecule has 9 rings (SSSR count). The van der Waals surface area contributed by atoms with Crippen molar-refractivity contribution in [3.63, 3.8) is 0 Å². The van der Waals surface area contributed by atoms with Crippen LogP contribution in [0.25, 0.3) is 0 Å². The molecule has 3 aliphatic heterocycles. The van der Waals surface area contributed by atoms with Crippen molar-refractivity contribution in [3.05, 3.63) is 215 Å². The first kappa shape index (κ1) is 66.7. The van der Waals surface area contributed by atoms with Crippen LogP contribution in [0.5, 0.6) is 0 Å². The number of aliphatic hydroxyl groups excluding tert-OH is 1. The third-order valence-electron chi connectivity index (χ3n) is 14.6. The molecule has 0 aliphatic carbocycles. The summed E-state index contributed by atoms with van der Waals surface area (Å²) in [6.07, 6.45) is -25.9. The topological polar surface area (TPSA) is 278 Å². The van der Waals surface area contributed by atoms with Crippen LogP contribution in [0.15, 0.2) is 182 Å². The number of hydrogen-bond donors (Lipinski definition) is 1. The predicted octanol–water partition coefficient (Wildman–Crippen LogP) is 6.98. The maximum absolute atomic E-state index is 14.9. The van der Waals surface area contributed by atoms with Gasteiger partial charge in [-0.2, -0.15) is 0 Å². The number of esters is 7. The molecule has 3 heterocycles. The van der Waals surface area contributed by atoms with Crippen molar-refractivity contribution in [2.45, 2.75) is 140 Å². The first-order chi connectivity index (χ1) is 44.1. The highest BCUT2D eigenvalue weighted by Gasteiger charge is 2.60. The van der Waals surface area contributed by atoms with Crippen LogP contribution in [-0.2, 0) is 110 Å². The predicted molar refractivity (Wildman–Crippen MR) is 315 cm³/mol. The standard InChI is InChI=1S/C68H70O23/c1-41(69)78-39-52-55(82-42(2)70)58(83-43(3)71)61(84-44(4)72)67(86-52)90-59-56(88-64(74)49-31-19-9-20-32-49)53(40-81-63(73)48-29-17-8-18-30-48)87-68(62(59)89-65(75)50-33-21-10-22-34-50)91-60-57(80-37-47-27-15-7-16-28-47)54(79-36-46-25-13-6-14-26-46)51(85-66(60)76)38-77-35-45-23-11-5-12-24-45/h5-34,51-62,66-68,76H,35-40H2,1-4H3/t51?,52?,53?,54-,55-,56-,57+,58+,59+,60?,61?,62?,66+,67-,68-/m1/s1. The molecule has 23 heteroatoms. The summed E-state index contributed by atoms with van der Waals surface area (Å²) in [5.41, 5.74) is 2.38. The van der Waals surface area contributed by atoms with Crippen molar-refractivity contribution in [1.82, 2.24) is 0 Å². The van der Waals surface area contributed by atoms with Gasteiger partial charge >= 0.3 is 41.8 Å². The lowest BCUT2D eigenvalue weighted by molar-refractivity contribution is -0.385. The summed E-state index contributed by atoms with van der Waals surface area (Å²) in [5, 5.41) is 12.6. The van der Waals surface area contributed by atoms with Crippen LogP contribution in [0.4, 0.5) is 0 Å². The number of rotatable bonds is 26. The Balaban J connectivity index is 1.20. The maximum atomic E-state index is 14.9. The molecule has 23 nitrogen and oxygen atoms in total. The molecule has 0 bridgehead atoms. The van der Waals surface area contributed by atoms with E-state index in [9.17, 15) is 38.7 Å². The zero-order valence-electron chi connectivity index (χ0n) is 50.2. The van der Waals surface area contributed by atoms with Gasteiger partial charge in [0.1, 0.15) is 55.9 Å². The van der Waals surface area contributed by atoms with Crippen LogP contribution in [-0.4, -0.2) is 159 Å². The molecule has 0 radical (unpaired) electrons. The van der Waals surface area contributed by atoms with E-state index in [0.29, 0.717) is 5.56 Å². The summed E-state index contributed by atoms with van der Waals surface area (Å²) in [4.78, 5) is 95.2. The van der Waals surface area contributed by atoms with Gasteiger partial charge < -0.3 is 76.2 Å². The van der Waals surface area contributed by atoms with Crippen LogP contribution in [0.3, 0.4) is 0 Å². The fraction of sp³-hybridized carbons (Fsp3) is 0.368. The lowest BCUT2D eigenvalue weighted by atomic mass is 9.95. The van der Waals surface area contributed by atoms with E-state index in [2.05, 4.69) is 0 Å². The Morgan fingerprint density at radius 3 is 1.18 bits per heavy atom. The molecule has 6 aromatic carbocycles. The minimum atomic E-state index is -2.06. The van der Waals surface area contributed by atoms with Crippen LogP contribution < -0.4 is 0 Å². The minimum Gasteiger partial charge on any atom is -0.463 e. The van der Waals surface area contributed by atoms with Gasteiger partial charge in [-0.05, 0) is 53.1 Å². The van der Waals surface area contributed by atoms with E-state index >= 15 is 0 Å². The van der Waals surface area contributed by atoms with Crippen LogP contribution in [0.2, 0.25) is 0 Å². The van der Waals surface area contributed by atoms with E-state index in [-0.39, 0.29) is 43.1 Å². The van der Waals surface area contributed by atoms with Gasteiger partial charge in [-0.3, -0.25) is 19.2 Å². The van der Waals surface area contributed by atoms with Crippen LogP contribution >= 0.6 is 0 Å². The maximum Gasteiger partial charge on any atom is 0.338 e. The Kier molecular flexibility index (Phi) is 24.0. The number of carbonyl (C=O) groups excluding carboxylic acids is 7. The van der Waals surface area contributed by atoms with Gasteiger partial charge in [0, 0.05) is 27.7 Å². The lowest BCUT2D eigenvalue weighted by Gasteiger charge is -2.50. The quantitative estimate of drug-likeness (QED) is 0.0423. The SMILES string of the molecule is CC(=O)OCC1O[C@H](O[C@@H]2C(OC(=O)c3ccccc3)[C@@H](OC3[C@@H](OCc4ccccc4)[C@H](OCc4ccccc4)C(COCc4ccccc4)O[C@@H]3O)OC(COC(=O)c3ccccc3)[C@H]2OC(=O)c2ccccc2)C(OC(C)=O)[C@@H](OC(C)=O)[C@@H]1OC(C)=O. The van der Waals surface area contributed by atoms with Gasteiger partial charge in [-0.1, -0.05) is 146 Å². The monoisotopic (exact) mass is 1250 g/mol. The van der Waals surface area contributed by atoms with Crippen molar-refractivity contribution in [2.24, 2.45) is 0 Å². The molecule has 3 aliphatic rings. The number of ether oxygens (including phenoxy) is 15. The van der Waals surface area contributed by atoms with E-state index in [4.69, 9.17) is 71.1 Å². The number of carbonyl (C=O) groups is 7. The normalized spacial score (nSPS) is 26.2. The van der Waals surface area contributed by atoms with E-state index < -0.39 is 147 Å². The Bertz CT molecular complexity index is 3310. The van der Waals surface area contributed by atoms with Gasteiger partial charge in [0.25, 0.3) is 0 Å². The zero-order chi connectivity index (χ0) is 64.2. The Labute approximate surface area is 524 Å². The lowest BCUT2D eigenvalue weighted by Crippen LogP contribution is -2.69. The molecular weight excluding hydrogens is 1180 g/mol.